The average Bonchev–Trinajstić information content (AvgIpc) is 2.28. The molecule has 88 valence electrons. The molecule has 0 heterocycles. The summed E-state index contributed by atoms with van der Waals surface area (Å²) in [6.07, 6.45) is 0.936. The number of benzene rings is 1. The van der Waals surface area contributed by atoms with Crippen molar-refractivity contribution in [2.75, 3.05) is 7.05 Å². The maximum Gasteiger partial charge on any atom is 0.254 e. The van der Waals surface area contributed by atoms with E-state index in [0.717, 1.165) is 16.5 Å². The summed E-state index contributed by atoms with van der Waals surface area (Å²) in [7, 11) is 1.86. The molecule has 1 aromatic rings. The second kappa shape index (κ2) is 5.00. The smallest absolute Gasteiger partial charge is 0.254 e. The van der Waals surface area contributed by atoms with Gasteiger partial charge in [-0.2, -0.15) is 0 Å². The maximum atomic E-state index is 12.2. The van der Waals surface area contributed by atoms with E-state index in [1.807, 2.05) is 31.3 Å². The molecule has 0 bridgehead atoms. The van der Waals surface area contributed by atoms with E-state index in [1.165, 1.54) is 0 Å². The number of carbonyl (C=O) groups is 1. The number of rotatable bonds is 3. The molecule has 0 saturated carbocycles. The molecule has 0 fully saturated rings. The molecular weight excluding hydrogens is 266 g/mol. The predicted molar refractivity (Wildman–Crippen MR) is 70.6 cm³/mol. The van der Waals surface area contributed by atoms with Crippen LogP contribution in [-0.2, 0) is 0 Å². The van der Waals surface area contributed by atoms with Gasteiger partial charge < -0.3 is 4.90 Å². The average molecular weight is 284 g/mol. The zero-order chi connectivity index (χ0) is 12.3. The Hall–Kier alpha value is -0.830. The summed E-state index contributed by atoms with van der Waals surface area (Å²) in [4.78, 5) is 14.0. The van der Waals surface area contributed by atoms with Crippen molar-refractivity contribution >= 4 is 21.8 Å². The highest BCUT2D eigenvalue weighted by atomic mass is 79.9. The molecule has 0 atom stereocenters. The van der Waals surface area contributed by atoms with Gasteiger partial charge in [-0.1, -0.05) is 22.9 Å². The van der Waals surface area contributed by atoms with E-state index in [0.29, 0.717) is 0 Å². The van der Waals surface area contributed by atoms with Crippen LogP contribution in [0.15, 0.2) is 28.7 Å². The topological polar surface area (TPSA) is 20.3 Å². The minimum atomic E-state index is -0.107. The van der Waals surface area contributed by atoms with Gasteiger partial charge in [0, 0.05) is 22.6 Å². The summed E-state index contributed by atoms with van der Waals surface area (Å²) in [5.41, 5.74) is 0.622. The number of halogens is 1. The Morgan fingerprint density at radius 2 is 1.81 bits per heavy atom. The Labute approximate surface area is 106 Å². The molecule has 1 amide bonds. The van der Waals surface area contributed by atoms with E-state index in [-0.39, 0.29) is 11.4 Å². The fourth-order valence-electron chi connectivity index (χ4n) is 1.30. The van der Waals surface area contributed by atoms with E-state index in [2.05, 4.69) is 36.7 Å². The first-order valence-corrected chi connectivity index (χ1v) is 6.21. The highest BCUT2D eigenvalue weighted by Gasteiger charge is 2.26. The number of amides is 1. The summed E-state index contributed by atoms with van der Waals surface area (Å²) in [6.45, 7) is 6.23. The number of hydrogen-bond donors (Lipinski definition) is 0. The van der Waals surface area contributed by atoms with Crippen LogP contribution >= 0.6 is 15.9 Å². The highest BCUT2D eigenvalue weighted by molar-refractivity contribution is 9.10. The SMILES string of the molecule is CCC(C)(C)N(C)C(=O)c1ccc(Br)cc1. The van der Waals surface area contributed by atoms with Gasteiger partial charge in [0.2, 0.25) is 0 Å². The molecule has 0 N–H and O–H groups in total. The maximum absolute atomic E-state index is 12.2. The van der Waals surface area contributed by atoms with Crippen molar-refractivity contribution in [3.8, 4) is 0 Å². The lowest BCUT2D eigenvalue weighted by atomic mass is 9.99. The van der Waals surface area contributed by atoms with Crippen molar-refractivity contribution in [3.63, 3.8) is 0 Å². The van der Waals surface area contributed by atoms with Crippen LogP contribution in [0, 0.1) is 0 Å². The van der Waals surface area contributed by atoms with Crippen molar-refractivity contribution in [3.05, 3.63) is 34.3 Å². The summed E-state index contributed by atoms with van der Waals surface area (Å²) in [5, 5.41) is 0. The van der Waals surface area contributed by atoms with Crippen molar-refractivity contribution in [2.45, 2.75) is 32.7 Å². The lowest BCUT2D eigenvalue weighted by Gasteiger charge is -2.34. The Bertz CT molecular complexity index is 370. The molecule has 0 aliphatic heterocycles. The van der Waals surface area contributed by atoms with Crippen molar-refractivity contribution < 1.29 is 4.79 Å². The summed E-state index contributed by atoms with van der Waals surface area (Å²) < 4.78 is 0.987. The molecule has 0 aliphatic carbocycles. The molecule has 3 heteroatoms. The van der Waals surface area contributed by atoms with Crippen LogP contribution in [0.25, 0.3) is 0 Å². The second-order valence-corrected chi connectivity index (χ2v) is 5.45. The fourth-order valence-corrected chi connectivity index (χ4v) is 1.56. The van der Waals surface area contributed by atoms with Crippen molar-refractivity contribution in [1.29, 1.82) is 0 Å². The fraction of sp³-hybridized carbons (Fsp3) is 0.462. The third-order valence-electron chi connectivity index (χ3n) is 3.17. The molecule has 0 saturated heterocycles. The Kier molecular flexibility index (Phi) is 4.14. The minimum Gasteiger partial charge on any atom is -0.337 e. The van der Waals surface area contributed by atoms with Crippen LogP contribution in [0.1, 0.15) is 37.6 Å². The molecule has 0 aromatic heterocycles. The quantitative estimate of drug-likeness (QED) is 0.828. The van der Waals surface area contributed by atoms with Crippen LogP contribution in [0.2, 0.25) is 0 Å². The zero-order valence-corrected chi connectivity index (χ0v) is 11.8. The normalized spacial score (nSPS) is 11.3. The molecule has 16 heavy (non-hydrogen) atoms. The molecule has 0 unspecified atom stereocenters. The van der Waals surface area contributed by atoms with E-state index in [9.17, 15) is 4.79 Å². The predicted octanol–water partition coefficient (Wildman–Crippen LogP) is 3.71. The van der Waals surface area contributed by atoms with Crippen LogP contribution in [0.4, 0.5) is 0 Å². The first-order chi connectivity index (χ1) is 7.38. The van der Waals surface area contributed by atoms with Gasteiger partial charge in [-0.05, 0) is 44.5 Å². The Morgan fingerprint density at radius 3 is 2.25 bits per heavy atom. The van der Waals surface area contributed by atoms with E-state index in [1.54, 1.807) is 4.90 Å². The van der Waals surface area contributed by atoms with Gasteiger partial charge in [0.15, 0.2) is 0 Å². The number of nitrogens with zero attached hydrogens (tertiary/aromatic N) is 1. The van der Waals surface area contributed by atoms with Gasteiger partial charge in [0.25, 0.3) is 5.91 Å². The van der Waals surface area contributed by atoms with Crippen LogP contribution < -0.4 is 0 Å². The lowest BCUT2D eigenvalue weighted by molar-refractivity contribution is 0.0620. The van der Waals surface area contributed by atoms with Gasteiger partial charge in [-0.3, -0.25) is 4.79 Å². The van der Waals surface area contributed by atoms with E-state index < -0.39 is 0 Å². The summed E-state index contributed by atoms with van der Waals surface area (Å²) in [5.74, 6) is 0.0688. The van der Waals surface area contributed by atoms with Gasteiger partial charge in [-0.15, -0.1) is 0 Å². The molecule has 0 aliphatic rings. The van der Waals surface area contributed by atoms with Gasteiger partial charge in [-0.25, -0.2) is 0 Å². The third kappa shape index (κ3) is 2.85. The molecule has 0 radical (unpaired) electrons. The summed E-state index contributed by atoms with van der Waals surface area (Å²) >= 11 is 3.36. The number of hydrogen-bond acceptors (Lipinski definition) is 1. The molecule has 0 spiro atoms. The molecule has 1 aromatic carbocycles. The molecular formula is C13H18BrNO. The van der Waals surface area contributed by atoms with E-state index >= 15 is 0 Å². The first kappa shape index (κ1) is 13.2. The van der Waals surface area contributed by atoms with Crippen LogP contribution in [0.5, 0.6) is 0 Å². The standard InChI is InChI=1S/C13H18BrNO/c1-5-13(2,3)15(4)12(16)10-6-8-11(14)9-7-10/h6-9H,5H2,1-4H3. The molecule has 2 nitrogen and oxygen atoms in total. The lowest BCUT2D eigenvalue weighted by Crippen LogP contribution is -2.44. The van der Waals surface area contributed by atoms with Gasteiger partial charge >= 0.3 is 0 Å². The van der Waals surface area contributed by atoms with Crippen molar-refractivity contribution in [1.82, 2.24) is 4.90 Å². The Morgan fingerprint density at radius 1 is 1.31 bits per heavy atom. The largest absolute Gasteiger partial charge is 0.337 e. The minimum absolute atomic E-state index is 0.0688. The van der Waals surface area contributed by atoms with Crippen LogP contribution in [-0.4, -0.2) is 23.4 Å². The molecule has 1 rings (SSSR count). The third-order valence-corrected chi connectivity index (χ3v) is 3.70. The van der Waals surface area contributed by atoms with E-state index in [4.69, 9.17) is 0 Å². The van der Waals surface area contributed by atoms with Crippen LogP contribution in [0.3, 0.4) is 0 Å². The highest BCUT2D eigenvalue weighted by Crippen LogP contribution is 2.20. The zero-order valence-electron chi connectivity index (χ0n) is 10.2. The first-order valence-electron chi connectivity index (χ1n) is 5.42. The van der Waals surface area contributed by atoms with Gasteiger partial charge in [0.1, 0.15) is 0 Å². The second-order valence-electron chi connectivity index (χ2n) is 4.54. The Balaban J connectivity index is 2.90. The van der Waals surface area contributed by atoms with Crippen molar-refractivity contribution in [2.24, 2.45) is 0 Å². The summed E-state index contributed by atoms with van der Waals surface area (Å²) in [6, 6.07) is 7.46. The van der Waals surface area contributed by atoms with Gasteiger partial charge in [0.05, 0.1) is 0 Å². The monoisotopic (exact) mass is 283 g/mol. The number of carbonyl (C=O) groups excluding carboxylic acids is 1.